The number of amides is 2. The number of hydrogen-bond donors (Lipinski definition) is 2. The van der Waals surface area contributed by atoms with Crippen LogP contribution in [0, 0.1) is 0 Å². The predicted molar refractivity (Wildman–Crippen MR) is 106 cm³/mol. The average molecular weight is 374 g/mol. The first-order valence-corrected chi connectivity index (χ1v) is 8.84. The minimum Gasteiger partial charge on any atom is -0.484 e. The quantitative estimate of drug-likeness (QED) is 0.525. The van der Waals surface area contributed by atoms with E-state index < -0.39 is 5.91 Å². The van der Waals surface area contributed by atoms with E-state index in [0.29, 0.717) is 5.75 Å². The summed E-state index contributed by atoms with van der Waals surface area (Å²) in [6.07, 6.45) is 1.66. The molecule has 6 heteroatoms. The fourth-order valence-corrected chi connectivity index (χ4v) is 3.06. The number of carbonyl (C=O) groups excluding carboxylic acids is 2. The van der Waals surface area contributed by atoms with E-state index in [2.05, 4.69) is 10.9 Å². The predicted octanol–water partition coefficient (Wildman–Crippen LogP) is 3.35. The molecule has 0 spiro atoms. The SMILES string of the molecule is O=C(COc1ccccc1)NNC(=O)Cc1coc2ccc3ccccc3c12. The maximum atomic E-state index is 12.3. The molecule has 4 rings (SSSR count). The van der Waals surface area contributed by atoms with E-state index in [9.17, 15) is 9.59 Å². The highest BCUT2D eigenvalue weighted by Crippen LogP contribution is 2.30. The topological polar surface area (TPSA) is 80.6 Å². The highest BCUT2D eigenvalue weighted by atomic mass is 16.5. The molecule has 1 heterocycles. The number of fused-ring (bicyclic) bond motifs is 3. The van der Waals surface area contributed by atoms with Crippen molar-refractivity contribution in [3.63, 3.8) is 0 Å². The minimum absolute atomic E-state index is 0.0842. The van der Waals surface area contributed by atoms with Gasteiger partial charge in [-0.15, -0.1) is 0 Å². The zero-order chi connectivity index (χ0) is 19.3. The van der Waals surface area contributed by atoms with Gasteiger partial charge in [-0.05, 0) is 29.0 Å². The van der Waals surface area contributed by atoms with Gasteiger partial charge in [-0.3, -0.25) is 20.4 Å². The lowest BCUT2D eigenvalue weighted by atomic mass is 10.0. The van der Waals surface area contributed by atoms with Gasteiger partial charge < -0.3 is 9.15 Å². The zero-order valence-electron chi connectivity index (χ0n) is 15.0. The third kappa shape index (κ3) is 3.81. The lowest BCUT2D eigenvalue weighted by Crippen LogP contribution is -2.44. The summed E-state index contributed by atoms with van der Waals surface area (Å²) in [7, 11) is 0. The Kier molecular flexibility index (Phi) is 4.93. The fraction of sp³-hybridized carbons (Fsp3) is 0.0909. The molecule has 6 nitrogen and oxygen atoms in total. The summed E-state index contributed by atoms with van der Waals surface area (Å²) in [6, 6.07) is 20.8. The molecule has 140 valence electrons. The standard InChI is InChI=1S/C22H18N2O4/c25-20(23-24-21(26)14-27-17-7-2-1-3-8-17)12-16-13-28-19-11-10-15-6-4-5-9-18(15)22(16)19/h1-11,13H,12,14H2,(H,23,25)(H,24,26). The molecule has 3 aromatic carbocycles. The number of benzene rings is 3. The van der Waals surface area contributed by atoms with E-state index in [0.717, 1.165) is 27.3 Å². The van der Waals surface area contributed by atoms with Crippen molar-refractivity contribution in [2.45, 2.75) is 6.42 Å². The number of furan rings is 1. The lowest BCUT2D eigenvalue weighted by Gasteiger charge is -2.08. The molecule has 0 atom stereocenters. The van der Waals surface area contributed by atoms with Gasteiger partial charge in [0.05, 0.1) is 12.7 Å². The summed E-state index contributed by atoms with van der Waals surface area (Å²) in [5.74, 6) is -0.205. The second kappa shape index (κ2) is 7.84. The lowest BCUT2D eigenvalue weighted by molar-refractivity contribution is -0.129. The Balaban J connectivity index is 1.37. The first-order valence-electron chi connectivity index (χ1n) is 8.84. The van der Waals surface area contributed by atoms with Crippen molar-refractivity contribution in [1.82, 2.24) is 10.9 Å². The Bertz CT molecular complexity index is 1140. The Morgan fingerprint density at radius 3 is 2.46 bits per heavy atom. The highest BCUT2D eigenvalue weighted by molar-refractivity contribution is 6.08. The van der Waals surface area contributed by atoms with Crippen LogP contribution >= 0.6 is 0 Å². The molecule has 0 fully saturated rings. The Hall–Kier alpha value is -3.80. The number of nitrogens with one attached hydrogen (secondary N) is 2. The van der Waals surface area contributed by atoms with Gasteiger partial charge in [-0.2, -0.15) is 0 Å². The van der Waals surface area contributed by atoms with Gasteiger partial charge in [-0.25, -0.2) is 0 Å². The summed E-state index contributed by atoms with van der Waals surface area (Å²) in [5, 5.41) is 3.01. The Morgan fingerprint density at radius 2 is 1.61 bits per heavy atom. The minimum atomic E-state index is -0.445. The zero-order valence-corrected chi connectivity index (χ0v) is 15.0. The number of para-hydroxylation sites is 1. The summed E-state index contributed by atoms with van der Waals surface area (Å²) in [5.41, 5.74) is 6.25. The van der Waals surface area contributed by atoms with Crippen LogP contribution in [0.5, 0.6) is 5.75 Å². The maximum Gasteiger partial charge on any atom is 0.276 e. The van der Waals surface area contributed by atoms with Crippen molar-refractivity contribution in [2.24, 2.45) is 0 Å². The van der Waals surface area contributed by atoms with Gasteiger partial charge in [0.15, 0.2) is 6.61 Å². The maximum absolute atomic E-state index is 12.3. The molecule has 28 heavy (non-hydrogen) atoms. The van der Waals surface area contributed by atoms with Crippen LogP contribution in [0.3, 0.4) is 0 Å². The van der Waals surface area contributed by atoms with Gasteiger partial charge in [0.1, 0.15) is 11.3 Å². The van der Waals surface area contributed by atoms with Crippen LogP contribution in [0.15, 0.2) is 77.4 Å². The van der Waals surface area contributed by atoms with Gasteiger partial charge in [0, 0.05) is 10.9 Å². The monoisotopic (exact) mass is 374 g/mol. The smallest absolute Gasteiger partial charge is 0.276 e. The molecular weight excluding hydrogens is 356 g/mol. The van der Waals surface area contributed by atoms with Crippen LogP contribution in [-0.4, -0.2) is 18.4 Å². The van der Waals surface area contributed by atoms with Gasteiger partial charge in [0.25, 0.3) is 5.91 Å². The molecule has 0 unspecified atom stereocenters. The second-order valence-electron chi connectivity index (χ2n) is 6.30. The molecule has 0 bridgehead atoms. The van der Waals surface area contributed by atoms with Crippen LogP contribution in [0.2, 0.25) is 0 Å². The Morgan fingerprint density at radius 1 is 0.857 bits per heavy atom. The van der Waals surface area contributed by atoms with E-state index in [1.54, 1.807) is 18.4 Å². The fourth-order valence-electron chi connectivity index (χ4n) is 3.06. The molecule has 1 aromatic heterocycles. The second-order valence-corrected chi connectivity index (χ2v) is 6.30. The van der Waals surface area contributed by atoms with Gasteiger partial charge >= 0.3 is 0 Å². The first-order chi connectivity index (χ1) is 13.7. The van der Waals surface area contributed by atoms with Crippen molar-refractivity contribution in [2.75, 3.05) is 6.61 Å². The number of hydrazine groups is 1. The van der Waals surface area contributed by atoms with Crippen LogP contribution < -0.4 is 15.6 Å². The molecular formula is C22H18N2O4. The summed E-state index contributed by atoms with van der Waals surface area (Å²) in [4.78, 5) is 24.1. The molecule has 0 aliphatic heterocycles. The third-order valence-electron chi connectivity index (χ3n) is 4.35. The van der Waals surface area contributed by atoms with E-state index in [4.69, 9.17) is 9.15 Å². The molecule has 0 saturated carbocycles. The van der Waals surface area contributed by atoms with Crippen molar-refractivity contribution in [3.8, 4) is 5.75 Å². The highest BCUT2D eigenvalue weighted by Gasteiger charge is 2.13. The van der Waals surface area contributed by atoms with Crippen LogP contribution in [0.4, 0.5) is 0 Å². The van der Waals surface area contributed by atoms with Gasteiger partial charge in [0.2, 0.25) is 5.91 Å². The van der Waals surface area contributed by atoms with Crippen LogP contribution in [0.1, 0.15) is 5.56 Å². The van der Waals surface area contributed by atoms with Crippen LogP contribution in [0.25, 0.3) is 21.7 Å². The van der Waals surface area contributed by atoms with Crippen molar-refractivity contribution in [1.29, 1.82) is 0 Å². The van der Waals surface area contributed by atoms with Crippen molar-refractivity contribution in [3.05, 3.63) is 78.6 Å². The number of ether oxygens (including phenoxy) is 1. The third-order valence-corrected chi connectivity index (χ3v) is 4.35. The molecule has 0 radical (unpaired) electrons. The molecule has 0 aliphatic rings. The molecule has 0 saturated heterocycles. The summed E-state index contributed by atoms with van der Waals surface area (Å²) in [6.45, 7) is -0.191. The van der Waals surface area contributed by atoms with E-state index in [1.165, 1.54) is 0 Å². The largest absolute Gasteiger partial charge is 0.484 e. The molecule has 2 N–H and O–H groups in total. The van der Waals surface area contributed by atoms with E-state index in [-0.39, 0.29) is 18.9 Å². The molecule has 0 aliphatic carbocycles. The summed E-state index contributed by atoms with van der Waals surface area (Å²) >= 11 is 0. The number of hydrogen-bond acceptors (Lipinski definition) is 4. The number of rotatable bonds is 5. The van der Waals surface area contributed by atoms with Crippen LogP contribution in [-0.2, 0) is 16.0 Å². The van der Waals surface area contributed by atoms with E-state index in [1.807, 2.05) is 54.6 Å². The molecule has 4 aromatic rings. The average Bonchev–Trinajstić information content (AvgIpc) is 3.14. The Labute approximate surface area is 161 Å². The van der Waals surface area contributed by atoms with E-state index >= 15 is 0 Å². The first kappa shape index (κ1) is 17.6. The van der Waals surface area contributed by atoms with Gasteiger partial charge in [-0.1, -0.05) is 48.5 Å². The number of carbonyl (C=O) groups is 2. The normalized spacial score (nSPS) is 10.7. The van der Waals surface area contributed by atoms with Crippen molar-refractivity contribution < 1.29 is 18.7 Å². The van der Waals surface area contributed by atoms with Crippen molar-refractivity contribution >= 4 is 33.6 Å². The molecule has 2 amide bonds. The summed E-state index contributed by atoms with van der Waals surface area (Å²) < 4.78 is 10.9.